The molecule has 52 heavy (non-hydrogen) atoms. The summed E-state index contributed by atoms with van der Waals surface area (Å²) in [7, 11) is 0. The smallest absolute Gasteiger partial charge is 0.344 e. The monoisotopic (exact) mass is 688 g/mol. The van der Waals surface area contributed by atoms with E-state index in [0.29, 0.717) is 11.5 Å². The van der Waals surface area contributed by atoms with Crippen LogP contribution in [0.3, 0.4) is 0 Å². The molecule has 6 aromatic rings. The molecular formula is C44H36N2O6. The van der Waals surface area contributed by atoms with Gasteiger partial charge in [-0.1, -0.05) is 146 Å². The largest absolute Gasteiger partial charge is 0.498 e. The zero-order chi connectivity index (χ0) is 35.9. The van der Waals surface area contributed by atoms with Gasteiger partial charge in [-0.2, -0.15) is 0 Å². The lowest BCUT2D eigenvalue weighted by Crippen LogP contribution is -2.31. The predicted molar refractivity (Wildman–Crippen MR) is 203 cm³/mol. The highest BCUT2D eigenvalue weighted by Crippen LogP contribution is 2.35. The predicted octanol–water partition coefficient (Wildman–Crippen LogP) is 9.69. The van der Waals surface area contributed by atoms with Gasteiger partial charge in [-0.15, -0.1) is 0 Å². The number of nitrogens with zero attached hydrogens (tertiary/aromatic N) is 2. The molecule has 8 nitrogen and oxygen atoms in total. The van der Waals surface area contributed by atoms with Gasteiger partial charge in [0.1, 0.15) is 24.7 Å². The first-order chi connectivity index (χ1) is 25.7. The summed E-state index contributed by atoms with van der Waals surface area (Å²) in [5, 5.41) is 29.0. The Morgan fingerprint density at radius 3 is 0.942 bits per heavy atom. The average Bonchev–Trinajstić information content (AvgIpc) is 3.22. The van der Waals surface area contributed by atoms with E-state index in [0.717, 1.165) is 33.4 Å². The highest BCUT2D eigenvalue weighted by molar-refractivity contribution is 5.65. The second-order valence-corrected chi connectivity index (χ2v) is 11.7. The minimum Gasteiger partial charge on any atom is -0.498 e. The molecule has 8 heteroatoms. The summed E-state index contributed by atoms with van der Waals surface area (Å²) in [5.74, 6) is 1.36. The van der Waals surface area contributed by atoms with E-state index in [1.54, 1.807) is 0 Å². The first-order valence-corrected chi connectivity index (χ1v) is 16.8. The molecule has 0 spiro atoms. The molecular weight excluding hydrogens is 652 g/mol. The molecule has 258 valence electrons. The summed E-state index contributed by atoms with van der Waals surface area (Å²) in [4.78, 5) is 0. The molecule has 0 atom stereocenters. The Labute approximate surface area is 303 Å². The summed E-state index contributed by atoms with van der Waals surface area (Å²) in [6.07, 6.45) is 0. The van der Waals surface area contributed by atoms with Crippen molar-refractivity contribution in [2.24, 2.45) is 0 Å². The molecule has 0 heterocycles. The van der Waals surface area contributed by atoms with Crippen molar-refractivity contribution < 1.29 is 18.9 Å². The van der Waals surface area contributed by atoms with Gasteiger partial charge < -0.3 is 29.4 Å². The van der Waals surface area contributed by atoms with E-state index < -0.39 is 11.2 Å². The van der Waals surface area contributed by atoms with Crippen molar-refractivity contribution in [1.29, 1.82) is 0 Å². The zero-order valence-electron chi connectivity index (χ0n) is 28.3. The molecule has 0 unspecified atom stereocenters. The van der Waals surface area contributed by atoms with Crippen molar-refractivity contribution in [2.45, 2.75) is 11.2 Å². The van der Waals surface area contributed by atoms with Crippen LogP contribution in [-0.4, -0.2) is 26.4 Å². The van der Waals surface area contributed by atoms with Crippen LogP contribution in [0.2, 0.25) is 0 Å². The molecule has 0 aliphatic carbocycles. The lowest BCUT2D eigenvalue weighted by atomic mass is 9.87. The van der Waals surface area contributed by atoms with Crippen LogP contribution >= 0.6 is 0 Å². The molecule has 6 aromatic carbocycles. The van der Waals surface area contributed by atoms with Crippen LogP contribution in [-0.2, 0) is 20.7 Å². The zero-order valence-corrected chi connectivity index (χ0v) is 28.3. The molecule has 6 rings (SSSR count). The number of hydrogen-bond donors (Lipinski definition) is 0. The van der Waals surface area contributed by atoms with Crippen molar-refractivity contribution in [1.82, 2.24) is 0 Å². The Kier molecular flexibility index (Phi) is 11.8. The van der Waals surface area contributed by atoms with Crippen LogP contribution in [0, 0.1) is 22.6 Å². The van der Waals surface area contributed by atoms with E-state index in [-0.39, 0.29) is 26.4 Å². The van der Waals surface area contributed by atoms with Gasteiger partial charge in [0.2, 0.25) is 0 Å². The van der Waals surface area contributed by atoms with Crippen LogP contribution in [0.5, 0.6) is 11.5 Å². The molecule has 0 saturated heterocycles. The topological polar surface area (TPSA) is 91.8 Å². The lowest BCUT2D eigenvalue weighted by Gasteiger charge is -2.25. The van der Waals surface area contributed by atoms with E-state index in [1.165, 1.54) is 0 Å². The molecule has 0 amide bonds. The number of hydrogen-bond acceptors (Lipinski definition) is 6. The Morgan fingerprint density at radius 2 is 0.673 bits per heavy atom. The van der Waals surface area contributed by atoms with Gasteiger partial charge in [0.05, 0.1) is 13.2 Å². The molecule has 0 aliphatic heterocycles. The van der Waals surface area contributed by atoms with Crippen LogP contribution in [0.25, 0.3) is 21.1 Å². The van der Waals surface area contributed by atoms with Gasteiger partial charge >= 0.3 is 12.1 Å². The fraction of sp³-hybridized carbons (Fsp3) is 0.136. The van der Waals surface area contributed by atoms with Crippen LogP contribution in [0.4, 0.5) is 0 Å². The van der Waals surface area contributed by atoms with Crippen molar-refractivity contribution in [3.63, 3.8) is 0 Å². The number of rotatable bonds is 15. The van der Waals surface area contributed by atoms with Gasteiger partial charge in [-0.3, -0.25) is 0 Å². The minimum absolute atomic E-state index is 0.185. The molecule has 0 radical (unpaired) electrons. The fourth-order valence-electron chi connectivity index (χ4n) is 6.01. The molecule has 0 fully saturated rings. The maximum Gasteiger partial charge on any atom is 0.344 e. The second kappa shape index (κ2) is 17.4. The lowest BCUT2D eigenvalue weighted by molar-refractivity contribution is 0.00926. The second-order valence-electron chi connectivity index (χ2n) is 11.7. The standard InChI is InChI=1S/C44H36N2O6/c47-45-33-43(37-13-5-1-6-14-37,38-15-7-2-8-16-38)51-31-29-49-41-25-21-35(22-26-41)36-23-27-42(28-24-36)50-30-32-52-44(34-46-48,39-17-9-3-10-18-39)40-19-11-4-12-20-40/h1-28H,29-32H2. The van der Waals surface area contributed by atoms with E-state index >= 15 is 0 Å². The third-order valence-corrected chi connectivity index (χ3v) is 8.51. The van der Waals surface area contributed by atoms with E-state index in [9.17, 15) is 10.4 Å². The molecule has 0 aromatic heterocycles. The SMILES string of the molecule is [O-][N+]#CC(OCCOc1ccc(-c2ccc(OCCOC(C#[N+][O-])(c3ccccc3)c3ccccc3)cc2)cc1)(c1ccccc1)c1ccccc1. The van der Waals surface area contributed by atoms with Crippen LogP contribution < -0.4 is 9.47 Å². The summed E-state index contributed by atoms with van der Waals surface area (Å²) in [5.41, 5.74) is 2.46. The van der Waals surface area contributed by atoms with Crippen molar-refractivity contribution >= 4 is 0 Å². The fourth-order valence-corrected chi connectivity index (χ4v) is 6.01. The summed E-state index contributed by atoms with van der Waals surface area (Å²) in [6, 6.07) is 58.6. The average molecular weight is 689 g/mol. The van der Waals surface area contributed by atoms with Gasteiger partial charge in [0.15, 0.2) is 0 Å². The first kappa shape index (κ1) is 35.3. The molecule has 0 saturated carbocycles. The van der Waals surface area contributed by atoms with Gasteiger partial charge in [0.25, 0.3) is 11.2 Å². The molecule has 0 aliphatic rings. The summed E-state index contributed by atoms with van der Waals surface area (Å²) in [6.45, 7) is 0.863. The van der Waals surface area contributed by atoms with Crippen molar-refractivity contribution in [3.05, 3.63) is 213 Å². The third-order valence-electron chi connectivity index (χ3n) is 8.51. The Balaban J connectivity index is 1.03. The van der Waals surface area contributed by atoms with Crippen LogP contribution in [0.15, 0.2) is 170 Å². The first-order valence-electron chi connectivity index (χ1n) is 16.8. The summed E-state index contributed by atoms with van der Waals surface area (Å²) >= 11 is 0. The number of benzene rings is 6. The quantitative estimate of drug-likeness (QED) is 0.0788. The van der Waals surface area contributed by atoms with E-state index in [4.69, 9.17) is 18.9 Å². The maximum atomic E-state index is 11.5. The summed E-state index contributed by atoms with van der Waals surface area (Å²) < 4.78 is 24.6. The Bertz CT molecular complexity index is 1870. The van der Waals surface area contributed by atoms with Crippen molar-refractivity contribution in [3.8, 4) is 34.8 Å². The Morgan fingerprint density at radius 1 is 0.385 bits per heavy atom. The van der Waals surface area contributed by atoms with E-state index in [2.05, 4.69) is 22.2 Å². The minimum atomic E-state index is -1.26. The maximum absolute atomic E-state index is 11.5. The highest BCUT2D eigenvalue weighted by atomic mass is 16.5. The number of ether oxygens (including phenoxy) is 4. The van der Waals surface area contributed by atoms with Crippen molar-refractivity contribution in [2.75, 3.05) is 26.4 Å². The van der Waals surface area contributed by atoms with Gasteiger partial charge in [0, 0.05) is 32.3 Å². The molecule has 0 N–H and O–H groups in total. The molecule has 0 bridgehead atoms. The van der Waals surface area contributed by atoms with Crippen LogP contribution in [0.1, 0.15) is 22.3 Å². The normalized spacial score (nSPS) is 11.0. The highest BCUT2D eigenvalue weighted by Gasteiger charge is 2.41. The third kappa shape index (κ3) is 8.23. The Hall–Kier alpha value is -6.58. The van der Waals surface area contributed by atoms with E-state index in [1.807, 2.05) is 170 Å². The van der Waals surface area contributed by atoms with Gasteiger partial charge in [-0.25, -0.2) is 0 Å². The van der Waals surface area contributed by atoms with Gasteiger partial charge in [-0.05, 0) is 35.4 Å².